The van der Waals surface area contributed by atoms with Gasteiger partial charge in [-0.15, -0.1) is 11.3 Å². The maximum Gasteiger partial charge on any atom is 0.435 e. The first-order chi connectivity index (χ1) is 15.4. The summed E-state index contributed by atoms with van der Waals surface area (Å²) in [5.74, 6) is -1.10. The Labute approximate surface area is 205 Å². The average Bonchev–Trinajstić information content (AvgIpc) is 3.36. The molecule has 0 spiro atoms. The summed E-state index contributed by atoms with van der Waals surface area (Å²) in [5.41, 5.74) is -1.78. The lowest BCUT2D eigenvalue weighted by Gasteiger charge is -2.29. The van der Waals surface area contributed by atoms with Crippen LogP contribution in [0.3, 0.4) is 0 Å². The SMILES string of the molecule is Cc1cc(C2=NOC(c3cc(Cl)c(Cl)c(Cl)c3)(C(F)(F)F)C2)sc1-c1ccccc1C(=O)O. The first kappa shape index (κ1) is 23.9. The topological polar surface area (TPSA) is 58.9 Å². The van der Waals surface area contributed by atoms with Crippen LogP contribution < -0.4 is 0 Å². The molecule has 2 aromatic carbocycles. The molecule has 33 heavy (non-hydrogen) atoms. The number of carboxylic acids is 1. The van der Waals surface area contributed by atoms with Gasteiger partial charge in [0.25, 0.3) is 5.60 Å². The van der Waals surface area contributed by atoms with E-state index in [1.807, 2.05) is 0 Å². The van der Waals surface area contributed by atoms with Crippen LogP contribution in [0.25, 0.3) is 10.4 Å². The van der Waals surface area contributed by atoms with Crippen LogP contribution in [0.5, 0.6) is 0 Å². The molecule has 11 heteroatoms. The van der Waals surface area contributed by atoms with Gasteiger partial charge in [0.1, 0.15) is 5.71 Å². The molecule has 1 aliphatic rings. The van der Waals surface area contributed by atoms with E-state index >= 15 is 0 Å². The molecule has 1 N–H and O–H groups in total. The number of thiophene rings is 1. The van der Waals surface area contributed by atoms with Gasteiger partial charge in [-0.1, -0.05) is 58.2 Å². The van der Waals surface area contributed by atoms with Crippen LogP contribution in [0, 0.1) is 6.92 Å². The van der Waals surface area contributed by atoms with Gasteiger partial charge in [-0.3, -0.25) is 0 Å². The number of halogens is 6. The smallest absolute Gasteiger partial charge is 0.435 e. The van der Waals surface area contributed by atoms with Crippen LogP contribution >= 0.6 is 46.1 Å². The van der Waals surface area contributed by atoms with E-state index in [4.69, 9.17) is 39.6 Å². The minimum Gasteiger partial charge on any atom is -0.478 e. The van der Waals surface area contributed by atoms with Crippen molar-refractivity contribution in [2.45, 2.75) is 25.1 Å². The minimum atomic E-state index is -4.84. The van der Waals surface area contributed by atoms with Crippen molar-refractivity contribution in [3.05, 3.63) is 79.1 Å². The molecule has 3 aromatic rings. The molecule has 0 fully saturated rings. The number of rotatable bonds is 4. The third-order valence-electron chi connectivity index (χ3n) is 5.24. The Bertz CT molecular complexity index is 1280. The maximum atomic E-state index is 14.3. The number of hydrogen-bond acceptors (Lipinski definition) is 4. The van der Waals surface area contributed by atoms with E-state index in [1.54, 1.807) is 31.2 Å². The molecule has 0 aliphatic carbocycles. The summed E-state index contributed by atoms with van der Waals surface area (Å²) in [6.45, 7) is 1.75. The fourth-order valence-corrected chi connectivity index (χ4v) is 5.37. The Morgan fingerprint density at radius 2 is 1.79 bits per heavy atom. The first-order valence-corrected chi connectivity index (χ1v) is 11.3. The molecule has 1 aromatic heterocycles. The molecule has 0 radical (unpaired) electrons. The van der Waals surface area contributed by atoms with Crippen LogP contribution in [-0.4, -0.2) is 23.0 Å². The zero-order chi connectivity index (χ0) is 24.1. The molecule has 4 rings (SSSR count). The summed E-state index contributed by atoms with van der Waals surface area (Å²) < 4.78 is 42.8. The molecule has 0 bridgehead atoms. The highest BCUT2D eigenvalue weighted by Gasteiger charge is 2.62. The van der Waals surface area contributed by atoms with Crippen molar-refractivity contribution < 1.29 is 27.9 Å². The second-order valence-corrected chi connectivity index (χ2v) is 9.60. The van der Waals surface area contributed by atoms with Gasteiger partial charge < -0.3 is 9.94 Å². The zero-order valence-electron chi connectivity index (χ0n) is 16.6. The van der Waals surface area contributed by atoms with E-state index in [0.29, 0.717) is 20.9 Å². The molecule has 2 heterocycles. The number of carbonyl (C=O) groups is 1. The fourth-order valence-electron chi connectivity index (χ4n) is 3.58. The Morgan fingerprint density at radius 1 is 1.15 bits per heavy atom. The molecular weight excluding hydrogens is 522 g/mol. The summed E-state index contributed by atoms with van der Waals surface area (Å²) in [7, 11) is 0. The van der Waals surface area contributed by atoms with Gasteiger partial charge in [0, 0.05) is 16.0 Å². The third kappa shape index (κ3) is 4.10. The van der Waals surface area contributed by atoms with Gasteiger partial charge in [-0.2, -0.15) is 13.2 Å². The predicted octanol–water partition coefficient (Wildman–Crippen LogP) is 7.96. The van der Waals surface area contributed by atoms with Crippen LogP contribution in [0.15, 0.2) is 47.6 Å². The summed E-state index contributed by atoms with van der Waals surface area (Å²) in [6.07, 6.45) is -5.46. The molecule has 1 atom stereocenters. The number of oxime groups is 1. The van der Waals surface area contributed by atoms with E-state index in [-0.39, 0.29) is 31.9 Å². The number of aromatic carboxylic acids is 1. The van der Waals surface area contributed by atoms with Gasteiger partial charge in [-0.25, -0.2) is 4.79 Å². The molecule has 0 amide bonds. The van der Waals surface area contributed by atoms with Crippen molar-refractivity contribution in [2.75, 3.05) is 0 Å². The molecule has 1 aliphatic heterocycles. The highest BCUT2D eigenvalue weighted by Crippen LogP contribution is 2.51. The Kier molecular flexibility index (Phi) is 6.16. The van der Waals surface area contributed by atoms with Crippen LogP contribution in [-0.2, 0) is 10.4 Å². The standard InChI is InChI=1S/C22H13Cl3F3NO3S/c1-10-6-17(33-19(10)12-4-2-3-5-13(12)20(30)31)16-9-21(32-29-16,22(26,27)28)11-7-14(23)18(25)15(24)8-11/h2-8H,9H2,1H3,(H,30,31). The summed E-state index contributed by atoms with van der Waals surface area (Å²) in [6, 6.07) is 10.2. The Balaban J connectivity index is 1.75. The average molecular weight is 535 g/mol. The second kappa shape index (κ2) is 8.51. The molecule has 172 valence electrons. The number of benzene rings is 2. The predicted molar refractivity (Wildman–Crippen MR) is 123 cm³/mol. The van der Waals surface area contributed by atoms with Crippen molar-refractivity contribution in [1.29, 1.82) is 0 Å². The molecular formula is C22H13Cl3F3NO3S. The van der Waals surface area contributed by atoms with Crippen LogP contribution in [0.1, 0.15) is 32.8 Å². The molecule has 4 nitrogen and oxygen atoms in total. The van der Waals surface area contributed by atoms with Crippen molar-refractivity contribution in [2.24, 2.45) is 5.16 Å². The molecule has 0 saturated heterocycles. The van der Waals surface area contributed by atoms with Crippen LogP contribution in [0.2, 0.25) is 15.1 Å². The largest absolute Gasteiger partial charge is 0.478 e. The number of carboxylic acid groups (broad SMARTS) is 1. The van der Waals surface area contributed by atoms with Gasteiger partial charge in [-0.05, 0) is 36.8 Å². The van der Waals surface area contributed by atoms with Gasteiger partial charge >= 0.3 is 12.1 Å². The normalized spacial score (nSPS) is 18.2. The lowest BCUT2D eigenvalue weighted by Crippen LogP contribution is -2.42. The van der Waals surface area contributed by atoms with Gasteiger partial charge in [0.2, 0.25) is 0 Å². The van der Waals surface area contributed by atoms with Crippen LogP contribution in [0.4, 0.5) is 13.2 Å². The van der Waals surface area contributed by atoms with E-state index < -0.39 is 24.2 Å². The minimum absolute atomic E-state index is 0.0610. The van der Waals surface area contributed by atoms with Gasteiger partial charge in [0.05, 0.1) is 31.9 Å². The van der Waals surface area contributed by atoms with Crippen molar-refractivity contribution >= 4 is 57.8 Å². The highest BCUT2D eigenvalue weighted by molar-refractivity contribution is 7.17. The number of nitrogens with zero attached hydrogens (tertiary/aromatic N) is 1. The first-order valence-electron chi connectivity index (χ1n) is 9.35. The van der Waals surface area contributed by atoms with Gasteiger partial charge in [0.15, 0.2) is 0 Å². The summed E-state index contributed by atoms with van der Waals surface area (Å²) in [4.78, 5) is 17.7. The van der Waals surface area contributed by atoms with Crippen molar-refractivity contribution in [1.82, 2.24) is 0 Å². The van der Waals surface area contributed by atoms with E-state index in [2.05, 4.69) is 5.16 Å². The molecule has 0 saturated carbocycles. The number of alkyl halides is 3. The van der Waals surface area contributed by atoms with Crippen molar-refractivity contribution in [3.8, 4) is 10.4 Å². The summed E-state index contributed by atoms with van der Waals surface area (Å²) in [5, 5.41) is 12.9. The maximum absolute atomic E-state index is 14.3. The Morgan fingerprint density at radius 3 is 2.39 bits per heavy atom. The molecule has 1 unspecified atom stereocenters. The van der Waals surface area contributed by atoms with Crippen molar-refractivity contribution in [3.63, 3.8) is 0 Å². The fraction of sp³-hybridized carbons (Fsp3) is 0.182. The van der Waals surface area contributed by atoms with E-state index in [9.17, 15) is 23.1 Å². The monoisotopic (exact) mass is 533 g/mol. The number of aryl methyl sites for hydroxylation is 1. The highest BCUT2D eigenvalue weighted by atomic mass is 35.5. The van der Waals surface area contributed by atoms with E-state index in [0.717, 1.165) is 23.5 Å². The lowest BCUT2D eigenvalue weighted by molar-refractivity contribution is -0.275. The second-order valence-electron chi connectivity index (χ2n) is 7.36. The quantitative estimate of drug-likeness (QED) is 0.345. The summed E-state index contributed by atoms with van der Waals surface area (Å²) >= 11 is 19.0. The third-order valence-corrected chi connectivity index (χ3v) is 7.76. The zero-order valence-corrected chi connectivity index (χ0v) is 19.7. The Hall–Kier alpha value is -2.26. The lowest BCUT2D eigenvalue weighted by atomic mass is 9.88. The number of hydrogen-bond donors (Lipinski definition) is 1. The van der Waals surface area contributed by atoms with E-state index in [1.165, 1.54) is 6.07 Å².